The first-order valence-electron chi connectivity index (χ1n) is 7.65. The highest BCUT2D eigenvalue weighted by Gasteiger charge is 2.27. The smallest absolute Gasteiger partial charge is 0.253 e. The molecule has 1 atom stereocenters. The van der Waals surface area contributed by atoms with E-state index in [2.05, 4.69) is 10.6 Å². The fourth-order valence-corrected chi connectivity index (χ4v) is 3.06. The highest BCUT2D eigenvalue weighted by atomic mass is 35.5. The SMILES string of the molecule is CNC1CCN(C(=O)C(C)NC(=O)c2cccc(Cl)c2Cl)CC1. The van der Waals surface area contributed by atoms with Crippen LogP contribution in [0.2, 0.25) is 10.0 Å². The number of rotatable bonds is 4. The van der Waals surface area contributed by atoms with Crippen LogP contribution in [0.15, 0.2) is 18.2 Å². The van der Waals surface area contributed by atoms with E-state index in [4.69, 9.17) is 23.2 Å². The van der Waals surface area contributed by atoms with Crippen molar-refractivity contribution in [1.29, 1.82) is 0 Å². The van der Waals surface area contributed by atoms with Crippen molar-refractivity contribution < 1.29 is 9.59 Å². The Hall–Kier alpha value is -1.30. The molecule has 1 saturated heterocycles. The summed E-state index contributed by atoms with van der Waals surface area (Å²) in [5, 5.41) is 6.43. The van der Waals surface area contributed by atoms with Gasteiger partial charge in [0.2, 0.25) is 5.91 Å². The van der Waals surface area contributed by atoms with Crippen molar-refractivity contribution in [2.45, 2.75) is 31.8 Å². The Bertz CT molecular complexity index is 587. The van der Waals surface area contributed by atoms with E-state index in [1.807, 2.05) is 7.05 Å². The quantitative estimate of drug-likeness (QED) is 0.869. The van der Waals surface area contributed by atoms with Crippen molar-refractivity contribution in [2.24, 2.45) is 0 Å². The average molecular weight is 358 g/mol. The van der Waals surface area contributed by atoms with Gasteiger partial charge in [-0.25, -0.2) is 0 Å². The second kappa shape index (κ2) is 7.99. The van der Waals surface area contributed by atoms with Gasteiger partial charge in [0.1, 0.15) is 6.04 Å². The van der Waals surface area contributed by atoms with Gasteiger partial charge in [0.05, 0.1) is 15.6 Å². The topological polar surface area (TPSA) is 61.4 Å². The van der Waals surface area contributed by atoms with Crippen LogP contribution in [0, 0.1) is 0 Å². The Morgan fingerprint density at radius 1 is 1.26 bits per heavy atom. The maximum Gasteiger partial charge on any atom is 0.253 e. The molecule has 0 spiro atoms. The van der Waals surface area contributed by atoms with Gasteiger partial charge in [0.25, 0.3) is 5.91 Å². The van der Waals surface area contributed by atoms with Crippen molar-refractivity contribution in [3.63, 3.8) is 0 Å². The summed E-state index contributed by atoms with van der Waals surface area (Å²) in [5.74, 6) is -0.477. The first kappa shape index (κ1) is 18.0. The van der Waals surface area contributed by atoms with E-state index < -0.39 is 11.9 Å². The number of carbonyl (C=O) groups excluding carboxylic acids is 2. The van der Waals surface area contributed by atoms with Gasteiger partial charge in [0.15, 0.2) is 0 Å². The first-order chi connectivity index (χ1) is 10.9. The lowest BCUT2D eigenvalue weighted by atomic mass is 10.0. The van der Waals surface area contributed by atoms with Gasteiger partial charge < -0.3 is 15.5 Å². The molecule has 1 fully saturated rings. The van der Waals surface area contributed by atoms with Crippen molar-refractivity contribution in [2.75, 3.05) is 20.1 Å². The van der Waals surface area contributed by atoms with Crippen molar-refractivity contribution >= 4 is 35.0 Å². The van der Waals surface area contributed by atoms with Crippen molar-refractivity contribution in [1.82, 2.24) is 15.5 Å². The minimum atomic E-state index is -0.608. The molecule has 23 heavy (non-hydrogen) atoms. The number of nitrogens with one attached hydrogen (secondary N) is 2. The molecule has 1 unspecified atom stereocenters. The van der Waals surface area contributed by atoms with Crippen LogP contribution in [0.1, 0.15) is 30.1 Å². The van der Waals surface area contributed by atoms with E-state index in [0.717, 1.165) is 12.8 Å². The zero-order valence-corrected chi connectivity index (χ0v) is 14.7. The molecule has 5 nitrogen and oxygen atoms in total. The molecule has 2 N–H and O–H groups in total. The number of likely N-dealkylation sites (tertiary alicyclic amines) is 1. The number of nitrogens with zero attached hydrogens (tertiary/aromatic N) is 1. The van der Waals surface area contributed by atoms with Gasteiger partial charge >= 0.3 is 0 Å². The van der Waals surface area contributed by atoms with Gasteiger partial charge in [0, 0.05) is 19.1 Å². The number of hydrogen-bond acceptors (Lipinski definition) is 3. The second-order valence-corrected chi connectivity index (χ2v) is 6.47. The summed E-state index contributed by atoms with van der Waals surface area (Å²) in [6.07, 6.45) is 1.84. The molecule has 2 amide bonds. The molecule has 1 heterocycles. The van der Waals surface area contributed by atoms with Gasteiger partial charge in [-0.2, -0.15) is 0 Å². The number of amides is 2. The Kier molecular flexibility index (Phi) is 6.27. The predicted molar refractivity (Wildman–Crippen MR) is 92.1 cm³/mol. The van der Waals surface area contributed by atoms with E-state index in [1.165, 1.54) is 0 Å². The zero-order chi connectivity index (χ0) is 17.0. The number of carbonyl (C=O) groups is 2. The maximum absolute atomic E-state index is 12.4. The molecular formula is C16H21Cl2N3O2. The third kappa shape index (κ3) is 4.37. The maximum atomic E-state index is 12.4. The first-order valence-corrected chi connectivity index (χ1v) is 8.40. The summed E-state index contributed by atoms with van der Waals surface area (Å²) in [6, 6.07) is 4.69. The number of benzene rings is 1. The Balaban J connectivity index is 1.96. The third-order valence-electron chi connectivity index (χ3n) is 4.13. The summed E-state index contributed by atoms with van der Waals surface area (Å²) >= 11 is 11.9. The normalized spacial score (nSPS) is 17.0. The van der Waals surface area contributed by atoms with E-state index in [1.54, 1.807) is 30.0 Å². The lowest BCUT2D eigenvalue weighted by molar-refractivity contribution is -0.133. The van der Waals surface area contributed by atoms with Crippen LogP contribution in [0.5, 0.6) is 0 Å². The monoisotopic (exact) mass is 357 g/mol. The van der Waals surface area contributed by atoms with Crippen LogP contribution in [0.25, 0.3) is 0 Å². The fraction of sp³-hybridized carbons (Fsp3) is 0.500. The van der Waals surface area contributed by atoms with Gasteiger partial charge in [-0.05, 0) is 38.9 Å². The summed E-state index contributed by atoms with van der Waals surface area (Å²) in [6.45, 7) is 3.08. The average Bonchev–Trinajstić information content (AvgIpc) is 2.56. The van der Waals surface area contributed by atoms with Crippen LogP contribution in [-0.2, 0) is 4.79 Å². The molecule has 2 rings (SSSR count). The number of hydrogen-bond donors (Lipinski definition) is 2. The van der Waals surface area contributed by atoms with Gasteiger partial charge in [-0.1, -0.05) is 29.3 Å². The molecule has 126 valence electrons. The highest BCUT2D eigenvalue weighted by molar-refractivity contribution is 6.43. The van der Waals surface area contributed by atoms with Crippen molar-refractivity contribution in [3.05, 3.63) is 33.8 Å². The Labute approximate surface area is 146 Å². The van der Waals surface area contributed by atoms with E-state index in [-0.39, 0.29) is 16.5 Å². The summed E-state index contributed by atoms with van der Waals surface area (Å²) in [5.41, 5.74) is 0.271. The molecule has 0 bridgehead atoms. The number of halogens is 2. The Morgan fingerprint density at radius 2 is 1.91 bits per heavy atom. The lowest BCUT2D eigenvalue weighted by Crippen LogP contribution is -2.51. The third-order valence-corrected chi connectivity index (χ3v) is 4.95. The standard InChI is InChI=1S/C16H21Cl2N3O2/c1-10(16(23)21-8-6-11(19-2)7-9-21)20-15(22)12-4-3-5-13(17)14(12)18/h3-5,10-11,19H,6-9H2,1-2H3,(H,20,22). The van der Waals surface area contributed by atoms with Gasteiger partial charge in [-0.15, -0.1) is 0 Å². The molecule has 0 aliphatic carbocycles. The molecule has 0 aromatic heterocycles. The second-order valence-electron chi connectivity index (χ2n) is 5.68. The summed E-state index contributed by atoms with van der Waals surface area (Å²) in [7, 11) is 1.93. The molecule has 1 aromatic carbocycles. The van der Waals surface area contributed by atoms with Crippen molar-refractivity contribution in [3.8, 4) is 0 Å². The van der Waals surface area contributed by atoms with Crippen LogP contribution in [-0.4, -0.2) is 48.9 Å². The summed E-state index contributed by atoms with van der Waals surface area (Å²) < 4.78 is 0. The zero-order valence-electron chi connectivity index (χ0n) is 13.2. The largest absolute Gasteiger partial charge is 0.341 e. The highest BCUT2D eigenvalue weighted by Crippen LogP contribution is 2.25. The minimum Gasteiger partial charge on any atom is -0.341 e. The van der Waals surface area contributed by atoms with E-state index in [9.17, 15) is 9.59 Å². The molecule has 1 aliphatic heterocycles. The van der Waals surface area contributed by atoms with Crippen LogP contribution in [0.3, 0.4) is 0 Å². The minimum absolute atomic E-state index is 0.0777. The van der Waals surface area contributed by atoms with Crippen LogP contribution in [0.4, 0.5) is 0 Å². The molecule has 7 heteroatoms. The predicted octanol–water partition coefficient (Wildman–Crippen LogP) is 2.32. The molecule has 1 aliphatic rings. The molecule has 1 aromatic rings. The van der Waals surface area contributed by atoms with Gasteiger partial charge in [-0.3, -0.25) is 9.59 Å². The fourth-order valence-electron chi connectivity index (χ4n) is 2.68. The van der Waals surface area contributed by atoms with Crippen LogP contribution >= 0.6 is 23.2 Å². The van der Waals surface area contributed by atoms with E-state index >= 15 is 0 Å². The lowest BCUT2D eigenvalue weighted by Gasteiger charge is -2.33. The Morgan fingerprint density at radius 3 is 2.52 bits per heavy atom. The molecule has 0 radical (unpaired) electrons. The number of piperidine rings is 1. The molecule has 0 saturated carbocycles. The van der Waals surface area contributed by atoms with Crippen LogP contribution < -0.4 is 10.6 Å². The van der Waals surface area contributed by atoms with E-state index in [0.29, 0.717) is 24.2 Å². The summed E-state index contributed by atoms with van der Waals surface area (Å²) in [4.78, 5) is 26.5. The molecular weight excluding hydrogens is 337 g/mol.